The summed E-state index contributed by atoms with van der Waals surface area (Å²) in [4.78, 5) is 11.3. The molecule has 0 amide bonds. The molecule has 0 aliphatic heterocycles. The molecule has 0 aliphatic carbocycles. The number of aryl methyl sites for hydroxylation is 1. The molecule has 1 aromatic heterocycles. The van der Waals surface area contributed by atoms with Crippen molar-refractivity contribution in [3.05, 3.63) is 59.7 Å². The Hall–Kier alpha value is -2.71. The summed E-state index contributed by atoms with van der Waals surface area (Å²) in [6.45, 7) is 3.67. The fourth-order valence-corrected chi connectivity index (χ4v) is 3.11. The summed E-state index contributed by atoms with van der Waals surface area (Å²) in [6.07, 6.45) is -0.689. The lowest BCUT2D eigenvalue weighted by atomic mass is 10.1. The van der Waals surface area contributed by atoms with Crippen molar-refractivity contribution in [1.29, 1.82) is 0 Å². The number of ether oxygens (including phenoxy) is 1. The van der Waals surface area contributed by atoms with Gasteiger partial charge in [-0.2, -0.15) is 4.68 Å². The van der Waals surface area contributed by atoms with E-state index in [1.54, 1.807) is 28.9 Å². The molecule has 0 bridgehead atoms. The van der Waals surface area contributed by atoms with E-state index in [4.69, 9.17) is 4.74 Å². The Kier molecular flexibility index (Phi) is 6.20. The molecule has 8 heteroatoms. The smallest absolute Gasteiger partial charge is 0.214 e. The SMILES string of the molecule is CC(=O)c1ccc(OC[C@@H](O)CSc2nnnn2-c2ccc(C)cc2)cc1. The first kappa shape index (κ1) is 19.1. The van der Waals surface area contributed by atoms with Crippen LogP contribution in [-0.2, 0) is 0 Å². The van der Waals surface area contributed by atoms with Crippen LogP contribution in [0.5, 0.6) is 5.75 Å². The van der Waals surface area contributed by atoms with E-state index >= 15 is 0 Å². The monoisotopic (exact) mass is 384 g/mol. The van der Waals surface area contributed by atoms with Gasteiger partial charge in [-0.15, -0.1) is 5.10 Å². The maximum atomic E-state index is 11.3. The molecule has 1 atom stereocenters. The number of hydrogen-bond acceptors (Lipinski definition) is 7. The summed E-state index contributed by atoms with van der Waals surface area (Å²) >= 11 is 1.35. The molecule has 27 heavy (non-hydrogen) atoms. The number of aliphatic hydroxyl groups excluding tert-OH is 1. The Morgan fingerprint density at radius 3 is 2.56 bits per heavy atom. The van der Waals surface area contributed by atoms with Gasteiger partial charge in [-0.25, -0.2) is 0 Å². The Balaban J connectivity index is 1.52. The van der Waals surface area contributed by atoms with Crippen molar-refractivity contribution in [2.24, 2.45) is 0 Å². The number of aromatic nitrogens is 4. The number of aliphatic hydroxyl groups is 1. The average Bonchev–Trinajstić information content (AvgIpc) is 3.14. The van der Waals surface area contributed by atoms with Crippen molar-refractivity contribution < 1.29 is 14.6 Å². The van der Waals surface area contributed by atoms with Crippen LogP contribution in [0.4, 0.5) is 0 Å². The third kappa shape index (κ3) is 5.15. The van der Waals surface area contributed by atoms with Crippen LogP contribution in [-0.4, -0.2) is 49.6 Å². The summed E-state index contributed by atoms with van der Waals surface area (Å²) in [6, 6.07) is 14.7. The van der Waals surface area contributed by atoms with Crippen LogP contribution in [0, 0.1) is 6.92 Å². The van der Waals surface area contributed by atoms with Gasteiger partial charge in [0.25, 0.3) is 0 Å². The lowest BCUT2D eigenvalue weighted by molar-refractivity contribution is 0.101. The van der Waals surface area contributed by atoms with Crippen molar-refractivity contribution >= 4 is 17.5 Å². The zero-order valence-electron chi connectivity index (χ0n) is 15.1. The molecule has 2 aromatic carbocycles. The Labute approximate surface area is 161 Å². The molecule has 0 spiro atoms. The third-order valence-corrected chi connectivity index (χ3v) is 4.89. The Morgan fingerprint density at radius 2 is 1.89 bits per heavy atom. The topological polar surface area (TPSA) is 90.1 Å². The van der Waals surface area contributed by atoms with Crippen LogP contribution in [0.15, 0.2) is 53.7 Å². The minimum absolute atomic E-state index is 0.00397. The second-order valence-electron chi connectivity index (χ2n) is 6.07. The summed E-state index contributed by atoms with van der Waals surface area (Å²) in [7, 11) is 0. The molecule has 0 fully saturated rings. The van der Waals surface area contributed by atoms with E-state index in [9.17, 15) is 9.90 Å². The number of carbonyl (C=O) groups is 1. The van der Waals surface area contributed by atoms with E-state index in [1.807, 2.05) is 31.2 Å². The second-order valence-corrected chi connectivity index (χ2v) is 7.05. The predicted molar refractivity (Wildman–Crippen MR) is 103 cm³/mol. The van der Waals surface area contributed by atoms with Crippen LogP contribution >= 0.6 is 11.8 Å². The molecular weight excluding hydrogens is 364 g/mol. The standard InChI is InChI=1S/C19H20N4O3S/c1-13-3-7-16(8-4-13)23-19(20-21-22-23)27-12-17(25)11-26-18-9-5-15(6-10-18)14(2)24/h3-10,17,25H,11-12H2,1-2H3/t17-/m1/s1. The fourth-order valence-electron chi connectivity index (χ4n) is 2.31. The molecule has 0 saturated heterocycles. The highest BCUT2D eigenvalue weighted by Gasteiger charge is 2.13. The lowest BCUT2D eigenvalue weighted by Crippen LogP contribution is -2.20. The lowest BCUT2D eigenvalue weighted by Gasteiger charge is -2.12. The molecule has 0 saturated carbocycles. The molecule has 3 rings (SSSR count). The molecule has 0 unspecified atom stereocenters. The number of benzene rings is 2. The number of tetrazole rings is 1. The number of rotatable bonds is 8. The molecule has 1 N–H and O–H groups in total. The average molecular weight is 384 g/mol. The first-order valence-electron chi connectivity index (χ1n) is 8.43. The normalized spacial score (nSPS) is 12.0. The Morgan fingerprint density at radius 1 is 1.19 bits per heavy atom. The van der Waals surface area contributed by atoms with Gasteiger partial charge >= 0.3 is 0 Å². The molecular formula is C19H20N4O3S. The molecule has 1 heterocycles. The van der Waals surface area contributed by atoms with Gasteiger partial charge in [-0.3, -0.25) is 4.79 Å². The van der Waals surface area contributed by atoms with Gasteiger partial charge in [-0.05, 0) is 60.7 Å². The quantitative estimate of drug-likeness (QED) is 0.472. The summed E-state index contributed by atoms with van der Waals surface area (Å²) in [5.74, 6) is 0.996. The molecule has 140 valence electrons. The van der Waals surface area contributed by atoms with Crippen molar-refractivity contribution in [2.45, 2.75) is 25.1 Å². The predicted octanol–water partition coefficient (Wildman–Crippen LogP) is 2.71. The summed E-state index contributed by atoms with van der Waals surface area (Å²) in [5.41, 5.74) is 2.65. The van der Waals surface area contributed by atoms with Crippen molar-refractivity contribution in [1.82, 2.24) is 20.2 Å². The largest absolute Gasteiger partial charge is 0.491 e. The van der Waals surface area contributed by atoms with Gasteiger partial charge in [0.15, 0.2) is 5.78 Å². The molecule has 0 aliphatic rings. The number of ketones is 1. The molecule has 3 aromatic rings. The van der Waals surface area contributed by atoms with E-state index in [0.29, 0.717) is 22.2 Å². The fraction of sp³-hybridized carbons (Fsp3) is 0.263. The van der Waals surface area contributed by atoms with Gasteiger partial charge in [0.1, 0.15) is 12.4 Å². The van der Waals surface area contributed by atoms with Crippen LogP contribution in [0.1, 0.15) is 22.8 Å². The maximum absolute atomic E-state index is 11.3. The summed E-state index contributed by atoms with van der Waals surface area (Å²) < 4.78 is 7.20. The highest BCUT2D eigenvalue weighted by atomic mass is 32.2. The van der Waals surface area contributed by atoms with Crippen LogP contribution in [0.25, 0.3) is 5.69 Å². The first-order chi connectivity index (χ1) is 13.0. The van der Waals surface area contributed by atoms with Gasteiger partial charge in [-0.1, -0.05) is 29.5 Å². The Bertz CT molecular complexity index is 894. The zero-order chi connectivity index (χ0) is 19.2. The van der Waals surface area contributed by atoms with Crippen LogP contribution in [0.2, 0.25) is 0 Å². The minimum atomic E-state index is -0.689. The number of Topliss-reactive ketones (excluding diaryl/α,β-unsaturated/α-hetero) is 1. The second kappa shape index (κ2) is 8.79. The van der Waals surface area contributed by atoms with Crippen molar-refractivity contribution in [2.75, 3.05) is 12.4 Å². The molecule has 0 radical (unpaired) electrons. The van der Waals surface area contributed by atoms with Gasteiger partial charge in [0.2, 0.25) is 5.16 Å². The number of nitrogens with zero attached hydrogens (tertiary/aromatic N) is 4. The number of thioether (sulfide) groups is 1. The third-order valence-electron chi connectivity index (χ3n) is 3.83. The van der Waals surface area contributed by atoms with Crippen molar-refractivity contribution in [3.63, 3.8) is 0 Å². The van der Waals surface area contributed by atoms with Gasteiger partial charge < -0.3 is 9.84 Å². The first-order valence-corrected chi connectivity index (χ1v) is 9.41. The van der Waals surface area contributed by atoms with Gasteiger partial charge in [0, 0.05) is 11.3 Å². The van der Waals surface area contributed by atoms with E-state index in [0.717, 1.165) is 11.3 Å². The zero-order valence-corrected chi connectivity index (χ0v) is 15.9. The number of hydrogen-bond donors (Lipinski definition) is 1. The van der Waals surface area contributed by atoms with E-state index in [1.165, 1.54) is 18.7 Å². The molecule has 7 nitrogen and oxygen atoms in total. The van der Waals surface area contributed by atoms with Crippen molar-refractivity contribution in [3.8, 4) is 11.4 Å². The van der Waals surface area contributed by atoms with E-state index < -0.39 is 6.10 Å². The highest BCUT2D eigenvalue weighted by Crippen LogP contribution is 2.20. The minimum Gasteiger partial charge on any atom is -0.491 e. The van der Waals surface area contributed by atoms with E-state index in [-0.39, 0.29) is 12.4 Å². The summed E-state index contributed by atoms with van der Waals surface area (Å²) in [5, 5.41) is 22.5. The van der Waals surface area contributed by atoms with Crippen LogP contribution < -0.4 is 4.74 Å². The highest BCUT2D eigenvalue weighted by molar-refractivity contribution is 7.99. The van der Waals surface area contributed by atoms with E-state index in [2.05, 4.69) is 15.5 Å². The van der Waals surface area contributed by atoms with Crippen LogP contribution in [0.3, 0.4) is 0 Å². The maximum Gasteiger partial charge on any atom is 0.214 e. The number of carbonyl (C=O) groups excluding carboxylic acids is 1. The van der Waals surface area contributed by atoms with Gasteiger partial charge in [0.05, 0.1) is 11.8 Å².